The van der Waals surface area contributed by atoms with Crippen molar-refractivity contribution in [1.82, 2.24) is 5.32 Å². The van der Waals surface area contributed by atoms with Gasteiger partial charge in [-0.05, 0) is 32.3 Å². The minimum absolute atomic E-state index is 0.0952. The van der Waals surface area contributed by atoms with Crippen LogP contribution in [0.3, 0.4) is 0 Å². The minimum atomic E-state index is -3.04. The van der Waals surface area contributed by atoms with Crippen molar-refractivity contribution in [2.24, 2.45) is 5.73 Å². The van der Waals surface area contributed by atoms with Crippen molar-refractivity contribution in [2.75, 3.05) is 6.61 Å². The van der Waals surface area contributed by atoms with Gasteiger partial charge in [-0.15, -0.1) is 4.67 Å². The van der Waals surface area contributed by atoms with Gasteiger partial charge in [0.2, 0.25) is 5.91 Å². The Balaban J connectivity index is 0.00000150. The largest absolute Gasteiger partial charge is 0.496 e. The monoisotopic (exact) mass is 411 g/mol. The second kappa shape index (κ2) is 13.6. The van der Waals surface area contributed by atoms with Crippen LogP contribution < -0.4 is 11.1 Å². The summed E-state index contributed by atoms with van der Waals surface area (Å²) >= 11 is 0. The van der Waals surface area contributed by atoms with E-state index in [4.69, 9.17) is 33.7 Å². The predicted molar refractivity (Wildman–Crippen MR) is 96.2 cm³/mol. The molecule has 0 saturated heterocycles. The lowest BCUT2D eigenvalue weighted by Crippen LogP contribution is -2.57. The van der Waals surface area contributed by atoms with Crippen molar-refractivity contribution in [3.63, 3.8) is 0 Å². The van der Waals surface area contributed by atoms with Gasteiger partial charge in [0, 0.05) is 22.6 Å². The van der Waals surface area contributed by atoms with Crippen LogP contribution in [0.4, 0.5) is 0 Å². The van der Waals surface area contributed by atoms with Crippen LogP contribution in [0.5, 0.6) is 0 Å². The average Bonchev–Trinajstić information content (AvgIpc) is 2.67. The molecular weight excluding hydrogens is 379 g/mol. The summed E-state index contributed by atoms with van der Waals surface area (Å²) in [5.74, 6) is -1.56. The summed E-state index contributed by atoms with van der Waals surface area (Å²) < 4.78 is 53.2. The molecule has 0 heterocycles. The number of hydrogen-bond acceptors (Lipinski definition) is 9. The van der Waals surface area contributed by atoms with Crippen LogP contribution in [0, 0.1) is 0 Å². The number of carbonyl (C=O) groups excluding carboxylic acids is 2. The van der Waals surface area contributed by atoms with Gasteiger partial charge in [-0.3, -0.25) is 4.79 Å². The number of amides is 1. The average molecular weight is 411 g/mol. The summed E-state index contributed by atoms with van der Waals surface area (Å²) in [6.45, 7) is 3.09. The van der Waals surface area contributed by atoms with Crippen LogP contribution in [0.15, 0.2) is 11.6 Å². The van der Waals surface area contributed by atoms with Gasteiger partial charge < -0.3 is 20.5 Å². The highest BCUT2D eigenvalue weighted by Crippen LogP contribution is 2.24. The third kappa shape index (κ3) is 9.78. The number of rotatable bonds is 8. The molecule has 11 heteroatoms. The molecule has 0 radical (unpaired) electrons. The number of nitrogens with two attached hydrogens (primary N) is 1. The van der Waals surface area contributed by atoms with Gasteiger partial charge in [-0.25, -0.2) is 19.2 Å². The highest BCUT2D eigenvalue weighted by atomic mass is 31.1. The number of ether oxygens (including phenoxy) is 2. The molecule has 1 amide bonds. The first-order chi connectivity index (χ1) is 13.9. The lowest BCUT2D eigenvalue weighted by Gasteiger charge is -2.36. The van der Waals surface area contributed by atoms with Crippen LogP contribution >= 0.6 is 7.91 Å². The first-order valence-electron chi connectivity index (χ1n) is 9.96. The quantitative estimate of drug-likeness (QED) is 0.235. The van der Waals surface area contributed by atoms with E-state index in [0.717, 1.165) is 12.8 Å². The number of carbonyl (C=O) groups is 2. The van der Waals surface area contributed by atoms with Crippen LogP contribution in [-0.2, 0) is 32.9 Å². The molecule has 1 rings (SSSR count). The van der Waals surface area contributed by atoms with Gasteiger partial charge in [-0.1, -0.05) is 13.8 Å². The third-order valence-electron chi connectivity index (χ3n) is 3.80. The van der Waals surface area contributed by atoms with E-state index < -0.39 is 44.8 Å². The fourth-order valence-electron chi connectivity index (χ4n) is 2.54. The van der Waals surface area contributed by atoms with Crippen molar-refractivity contribution in [2.45, 2.75) is 71.2 Å². The molecule has 0 aromatic rings. The van der Waals surface area contributed by atoms with E-state index in [1.54, 1.807) is 13.0 Å². The second-order valence-corrected chi connectivity index (χ2v) is 6.23. The van der Waals surface area contributed by atoms with E-state index in [9.17, 15) is 9.59 Å². The van der Waals surface area contributed by atoms with Crippen molar-refractivity contribution < 1.29 is 42.2 Å². The van der Waals surface area contributed by atoms with Crippen LogP contribution in [0.2, 0.25) is 0 Å². The minimum Gasteiger partial charge on any atom is -0.463 e. The molecule has 0 saturated carbocycles. The van der Waals surface area contributed by atoms with E-state index in [-0.39, 0.29) is 19.1 Å². The van der Waals surface area contributed by atoms with Crippen molar-refractivity contribution in [1.29, 1.82) is 0 Å². The summed E-state index contributed by atoms with van der Waals surface area (Å²) in [5, 5.41) is 9.50. The molecule has 0 aromatic carbocycles. The predicted octanol–water partition coefficient (Wildman–Crippen LogP) is 1.85. The number of nitrogens with one attached hydrogen (secondary N) is 1. The number of hydrogen-bond donors (Lipinski definition) is 3. The zero-order valence-electron chi connectivity index (χ0n) is 18.5. The molecule has 4 N–H and O–H groups in total. The van der Waals surface area contributed by atoms with E-state index >= 15 is 0 Å². The van der Waals surface area contributed by atoms with Crippen molar-refractivity contribution >= 4 is 19.8 Å². The lowest BCUT2D eigenvalue weighted by molar-refractivity contribution is -0.139. The molecule has 3 atom stereocenters. The fourth-order valence-corrected chi connectivity index (χ4v) is 2.54. The first kappa shape index (κ1) is 20.2. The zero-order chi connectivity index (χ0) is 23.5. The Labute approximate surface area is 163 Å². The molecule has 1 aliphatic rings. The molecular formula is C16H29N2O8P. The van der Waals surface area contributed by atoms with Crippen molar-refractivity contribution in [3.05, 3.63) is 11.6 Å². The van der Waals surface area contributed by atoms with Gasteiger partial charge >= 0.3 is 13.9 Å². The summed E-state index contributed by atoms with van der Waals surface area (Å²) in [6.07, 6.45) is 2.45. The van der Waals surface area contributed by atoms with E-state index in [0.29, 0.717) is 5.57 Å². The van der Waals surface area contributed by atoms with Gasteiger partial charge in [0.1, 0.15) is 0 Å². The first-order valence-corrected chi connectivity index (χ1v) is 9.56. The van der Waals surface area contributed by atoms with Crippen LogP contribution in [0.1, 0.15) is 51.0 Å². The zero-order valence-corrected chi connectivity index (χ0v) is 16.4. The Morgan fingerprint density at radius 1 is 1.41 bits per heavy atom. The number of esters is 1. The Kier molecular flexibility index (Phi) is 10.1. The highest BCUT2D eigenvalue weighted by Gasteiger charge is 2.35. The third-order valence-corrected chi connectivity index (χ3v) is 3.93. The topological polar surface area (TPSA) is 154 Å². The molecule has 1 aliphatic carbocycles. The van der Waals surface area contributed by atoms with Crippen LogP contribution in [0.25, 0.3) is 0 Å². The van der Waals surface area contributed by atoms with E-state index in [2.05, 4.69) is 9.99 Å². The van der Waals surface area contributed by atoms with E-state index in [1.807, 2.05) is 13.8 Å². The van der Waals surface area contributed by atoms with Crippen LogP contribution in [-0.4, -0.2) is 48.0 Å². The molecule has 0 aliphatic heterocycles. The smallest absolute Gasteiger partial charge is 0.463 e. The summed E-state index contributed by atoms with van der Waals surface area (Å²) in [7, 11) is -3.04. The van der Waals surface area contributed by atoms with Gasteiger partial charge in [0.05, 0.1) is 24.9 Å². The molecule has 0 aromatic heterocycles. The molecule has 156 valence electrons. The molecule has 0 spiro atoms. The molecule has 0 bridgehead atoms. The molecule has 10 nitrogen and oxygen atoms in total. The summed E-state index contributed by atoms with van der Waals surface area (Å²) in [6, 6.07) is -1.39. The van der Waals surface area contributed by atoms with Crippen molar-refractivity contribution in [3.8, 4) is 0 Å². The van der Waals surface area contributed by atoms with E-state index in [1.165, 1.54) is 0 Å². The summed E-state index contributed by atoms with van der Waals surface area (Å²) in [4.78, 5) is 23.9. The van der Waals surface area contributed by atoms with Gasteiger partial charge in [0.15, 0.2) is 0 Å². The summed E-state index contributed by atoms with van der Waals surface area (Å²) in [5.41, 5.74) is 6.50. The second-order valence-electron chi connectivity index (χ2n) is 5.62. The van der Waals surface area contributed by atoms with Gasteiger partial charge in [-0.2, -0.15) is 0 Å². The standard InChI is InChI=1S/C16H28N2O4.HO4P/c1-5-12(6-2)22-14-9-11(16(20)21-7-3)8-13(17)15(14)18-10(4)19;1-4-5(2)3/h9,12-15H,5-8,17H2,1-4H3,(H,18,19);1H/i4D3;. The SMILES string of the molecule is O=P(=O)OO.[2H]C([2H])([2H])C(=O)NC1C(N)CC(C(=O)OCC)=CC1OC(CC)CC. The molecule has 27 heavy (non-hydrogen) atoms. The normalized spacial score (nSPS) is 23.7. The maximum absolute atomic E-state index is 12.0. The fraction of sp³-hybridized carbons (Fsp3) is 0.750. The Morgan fingerprint density at radius 2 is 2.00 bits per heavy atom. The molecule has 3 unspecified atom stereocenters. The molecule has 0 fully saturated rings. The Bertz CT molecular complexity index is 657. The lowest BCUT2D eigenvalue weighted by atomic mass is 9.88. The van der Waals surface area contributed by atoms with Gasteiger partial charge in [0.25, 0.3) is 0 Å². The maximum atomic E-state index is 12.0. The Morgan fingerprint density at radius 3 is 2.44 bits per heavy atom. The highest BCUT2D eigenvalue weighted by molar-refractivity contribution is 7.24. The maximum Gasteiger partial charge on any atom is 0.496 e. The Hall–Kier alpha value is -1.58.